The highest BCUT2D eigenvalue weighted by Crippen LogP contribution is 2.09. The lowest BCUT2D eigenvalue weighted by Gasteiger charge is -2.11. The van der Waals surface area contributed by atoms with Gasteiger partial charge in [0.15, 0.2) is 0 Å². The first-order valence-corrected chi connectivity index (χ1v) is 4.54. The largest absolute Gasteiger partial charge is 0.478 e. The number of carbonyl (C=O) groups is 1. The van der Waals surface area contributed by atoms with Crippen LogP contribution in [0, 0.1) is 11.8 Å². The molecule has 0 saturated carbocycles. The summed E-state index contributed by atoms with van der Waals surface area (Å²) in [7, 11) is 0. The predicted octanol–water partition coefficient (Wildman–Crippen LogP) is 0.890. The Morgan fingerprint density at radius 2 is 1.57 bits per heavy atom. The van der Waals surface area contributed by atoms with Crippen molar-refractivity contribution in [2.75, 3.05) is 13.2 Å². The number of hydrogen-bond acceptors (Lipinski definition) is 3. The Bertz CT molecular complexity index is 148. The van der Waals surface area contributed by atoms with Crippen LogP contribution in [-0.4, -0.2) is 34.5 Å². The van der Waals surface area contributed by atoms with Crippen molar-refractivity contribution in [1.82, 2.24) is 0 Å². The number of aliphatic hydroxyl groups is 2. The highest BCUT2D eigenvalue weighted by Gasteiger charge is 2.05. The van der Waals surface area contributed by atoms with Gasteiger partial charge in [0.2, 0.25) is 0 Å². The maximum Gasteiger partial charge on any atom is 0.327 e. The molecule has 0 aliphatic carbocycles. The maximum absolute atomic E-state index is 9.25. The fourth-order valence-electron chi connectivity index (χ4n) is 0.836. The third-order valence-corrected chi connectivity index (χ3v) is 1.60. The fraction of sp³-hybridized carbons (Fsp3) is 0.700. The lowest BCUT2D eigenvalue weighted by atomic mass is 9.99. The summed E-state index contributed by atoms with van der Waals surface area (Å²) in [5, 5.41) is 24.8. The van der Waals surface area contributed by atoms with Gasteiger partial charge < -0.3 is 15.3 Å². The zero-order chi connectivity index (χ0) is 11.6. The Labute approximate surface area is 84.9 Å². The number of carboxylic acid groups (broad SMARTS) is 1. The molecule has 3 N–H and O–H groups in total. The van der Waals surface area contributed by atoms with Crippen LogP contribution in [0.5, 0.6) is 0 Å². The normalized spacial score (nSPS) is 13.4. The molecule has 4 heteroatoms. The average molecular weight is 204 g/mol. The van der Waals surface area contributed by atoms with E-state index in [0.717, 1.165) is 12.5 Å². The molecule has 0 rings (SSSR count). The molecule has 14 heavy (non-hydrogen) atoms. The molecule has 0 aromatic carbocycles. The van der Waals surface area contributed by atoms with Crippen molar-refractivity contribution in [3.05, 3.63) is 12.7 Å². The van der Waals surface area contributed by atoms with Gasteiger partial charge in [0, 0.05) is 19.3 Å². The van der Waals surface area contributed by atoms with Gasteiger partial charge in [-0.2, -0.15) is 0 Å². The first-order chi connectivity index (χ1) is 6.47. The van der Waals surface area contributed by atoms with Gasteiger partial charge in [0.25, 0.3) is 0 Å². The van der Waals surface area contributed by atoms with Crippen LogP contribution >= 0.6 is 0 Å². The second kappa shape index (κ2) is 10.2. The summed E-state index contributed by atoms with van der Waals surface area (Å²) in [5.41, 5.74) is 0. The Hall–Kier alpha value is -0.870. The smallest absolute Gasteiger partial charge is 0.327 e. The molecule has 0 aliphatic heterocycles. The Kier molecular flexibility index (Phi) is 11.4. The molecule has 0 bridgehead atoms. The summed E-state index contributed by atoms with van der Waals surface area (Å²) in [4.78, 5) is 9.25. The molecule has 4 nitrogen and oxygen atoms in total. The SMILES string of the molecule is C=CC(=O)O.CC(CO)CC(C)CO. The third-order valence-electron chi connectivity index (χ3n) is 1.60. The van der Waals surface area contributed by atoms with E-state index >= 15 is 0 Å². The zero-order valence-corrected chi connectivity index (χ0v) is 8.81. The summed E-state index contributed by atoms with van der Waals surface area (Å²) < 4.78 is 0. The highest BCUT2D eigenvalue weighted by atomic mass is 16.4. The third kappa shape index (κ3) is 13.7. The van der Waals surface area contributed by atoms with Crippen LogP contribution in [0.3, 0.4) is 0 Å². The van der Waals surface area contributed by atoms with E-state index in [1.165, 1.54) is 0 Å². The second-order valence-corrected chi connectivity index (χ2v) is 3.35. The Morgan fingerprint density at radius 1 is 1.29 bits per heavy atom. The van der Waals surface area contributed by atoms with Crippen molar-refractivity contribution >= 4 is 5.97 Å². The van der Waals surface area contributed by atoms with Crippen molar-refractivity contribution in [2.45, 2.75) is 20.3 Å². The van der Waals surface area contributed by atoms with Crippen molar-refractivity contribution < 1.29 is 20.1 Å². The summed E-state index contributed by atoms with van der Waals surface area (Å²) in [6.07, 6.45) is 1.74. The molecule has 0 aromatic heterocycles. The lowest BCUT2D eigenvalue weighted by Crippen LogP contribution is -2.09. The standard InChI is InChI=1S/C7H16O2.C3H4O2/c1-6(4-8)3-7(2)5-9;1-2-3(4)5/h6-9H,3-5H2,1-2H3;2H,1H2,(H,4,5). The molecule has 0 spiro atoms. The van der Waals surface area contributed by atoms with Gasteiger partial charge in [0.05, 0.1) is 0 Å². The number of aliphatic hydroxyl groups excluding tert-OH is 2. The van der Waals surface area contributed by atoms with Gasteiger partial charge in [-0.15, -0.1) is 0 Å². The molecule has 0 heterocycles. The molecule has 0 saturated heterocycles. The van der Waals surface area contributed by atoms with Gasteiger partial charge in [-0.25, -0.2) is 4.79 Å². The minimum Gasteiger partial charge on any atom is -0.478 e. The zero-order valence-electron chi connectivity index (χ0n) is 8.81. The fourth-order valence-corrected chi connectivity index (χ4v) is 0.836. The minimum atomic E-state index is -0.981. The van der Waals surface area contributed by atoms with E-state index in [9.17, 15) is 4.79 Å². The molecule has 0 aromatic rings. The molecule has 0 amide bonds. The summed E-state index contributed by atoms with van der Waals surface area (Å²) in [6, 6.07) is 0. The predicted molar refractivity (Wildman–Crippen MR) is 54.9 cm³/mol. The quantitative estimate of drug-likeness (QED) is 0.581. The monoisotopic (exact) mass is 204 g/mol. The van der Waals surface area contributed by atoms with E-state index in [1.54, 1.807) is 0 Å². The van der Waals surface area contributed by atoms with Gasteiger partial charge >= 0.3 is 5.97 Å². The van der Waals surface area contributed by atoms with E-state index in [0.29, 0.717) is 11.8 Å². The van der Waals surface area contributed by atoms with Crippen LogP contribution < -0.4 is 0 Å². The van der Waals surface area contributed by atoms with Crippen molar-refractivity contribution in [3.8, 4) is 0 Å². The molecule has 84 valence electrons. The van der Waals surface area contributed by atoms with Gasteiger partial charge in [-0.1, -0.05) is 20.4 Å². The van der Waals surface area contributed by atoms with Crippen LogP contribution in [0.25, 0.3) is 0 Å². The number of aliphatic carboxylic acids is 1. The van der Waals surface area contributed by atoms with Crippen molar-refractivity contribution in [1.29, 1.82) is 0 Å². The lowest BCUT2D eigenvalue weighted by molar-refractivity contribution is -0.131. The first kappa shape index (κ1) is 15.6. The summed E-state index contributed by atoms with van der Waals surface area (Å²) in [6.45, 7) is 7.37. The molecule has 0 aliphatic rings. The van der Waals surface area contributed by atoms with Crippen LogP contribution in [0.1, 0.15) is 20.3 Å². The second-order valence-electron chi connectivity index (χ2n) is 3.35. The Morgan fingerprint density at radius 3 is 1.71 bits per heavy atom. The van der Waals surface area contributed by atoms with E-state index in [-0.39, 0.29) is 13.2 Å². The molecule has 0 radical (unpaired) electrons. The van der Waals surface area contributed by atoms with Crippen LogP contribution in [0.15, 0.2) is 12.7 Å². The van der Waals surface area contributed by atoms with Crippen LogP contribution in [0.2, 0.25) is 0 Å². The van der Waals surface area contributed by atoms with Crippen LogP contribution in [0.4, 0.5) is 0 Å². The van der Waals surface area contributed by atoms with E-state index < -0.39 is 5.97 Å². The minimum absolute atomic E-state index is 0.227. The van der Waals surface area contributed by atoms with Gasteiger partial charge in [0.1, 0.15) is 0 Å². The average Bonchev–Trinajstić information content (AvgIpc) is 2.18. The highest BCUT2D eigenvalue weighted by molar-refractivity contribution is 5.78. The van der Waals surface area contributed by atoms with Crippen LogP contribution in [-0.2, 0) is 4.79 Å². The molecule has 0 fully saturated rings. The maximum atomic E-state index is 9.25. The first-order valence-electron chi connectivity index (χ1n) is 4.54. The van der Waals surface area contributed by atoms with E-state index in [4.69, 9.17) is 15.3 Å². The summed E-state index contributed by atoms with van der Waals surface area (Å²) in [5.74, 6) is -0.329. The van der Waals surface area contributed by atoms with Gasteiger partial charge in [-0.3, -0.25) is 0 Å². The van der Waals surface area contributed by atoms with Crippen molar-refractivity contribution in [2.24, 2.45) is 11.8 Å². The molecular formula is C10H20O4. The number of hydrogen-bond donors (Lipinski definition) is 3. The number of rotatable bonds is 5. The molecule has 2 atom stereocenters. The van der Waals surface area contributed by atoms with E-state index in [2.05, 4.69) is 6.58 Å². The molecular weight excluding hydrogens is 184 g/mol. The van der Waals surface area contributed by atoms with Crippen molar-refractivity contribution in [3.63, 3.8) is 0 Å². The summed E-state index contributed by atoms with van der Waals surface area (Å²) >= 11 is 0. The molecule has 2 unspecified atom stereocenters. The topological polar surface area (TPSA) is 77.8 Å². The Balaban J connectivity index is 0. The van der Waals surface area contributed by atoms with Gasteiger partial charge in [-0.05, 0) is 18.3 Å². The van der Waals surface area contributed by atoms with E-state index in [1.807, 2.05) is 13.8 Å². The number of carboxylic acids is 1.